The Balaban J connectivity index is 2.00. The zero-order chi connectivity index (χ0) is 11.4. The number of hydrogen-bond acceptors (Lipinski definition) is 2. The molecule has 1 aliphatic rings. The van der Waals surface area contributed by atoms with E-state index in [1.54, 1.807) is 0 Å². The Morgan fingerprint density at radius 2 is 2.12 bits per heavy atom. The second kappa shape index (κ2) is 5.35. The summed E-state index contributed by atoms with van der Waals surface area (Å²) in [7, 11) is 0. The molecule has 0 bridgehead atoms. The van der Waals surface area contributed by atoms with Crippen molar-refractivity contribution in [2.45, 2.75) is 38.7 Å². The van der Waals surface area contributed by atoms with Gasteiger partial charge in [-0.05, 0) is 31.2 Å². The van der Waals surface area contributed by atoms with Gasteiger partial charge in [-0.3, -0.25) is 0 Å². The monoisotopic (exact) mass is 220 g/mol. The summed E-state index contributed by atoms with van der Waals surface area (Å²) in [6.45, 7) is 2.78. The van der Waals surface area contributed by atoms with Crippen LogP contribution >= 0.6 is 0 Å². The minimum absolute atomic E-state index is 0.405. The second-order valence-corrected chi connectivity index (χ2v) is 4.57. The van der Waals surface area contributed by atoms with Gasteiger partial charge in [-0.1, -0.05) is 31.5 Å². The van der Waals surface area contributed by atoms with E-state index < -0.39 is 6.10 Å². The van der Waals surface area contributed by atoms with Gasteiger partial charge in [-0.2, -0.15) is 0 Å². The van der Waals surface area contributed by atoms with Crippen LogP contribution in [0.3, 0.4) is 0 Å². The molecule has 1 saturated carbocycles. The Hall–Kier alpha value is -1.02. The predicted molar refractivity (Wildman–Crippen MR) is 64.5 cm³/mol. The van der Waals surface area contributed by atoms with Crippen LogP contribution in [0.2, 0.25) is 0 Å². The summed E-state index contributed by atoms with van der Waals surface area (Å²) in [5.74, 6) is 1.58. The highest BCUT2D eigenvalue weighted by molar-refractivity contribution is 5.35. The smallest absolute Gasteiger partial charge is 0.125 e. The Labute approximate surface area is 97.3 Å². The Morgan fingerprint density at radius 3 is 2.75 bits per heavy atom. The molecule has 88 valence electrons. The molecule has 1 aliphatic carbocycles. The highest BCUT2D eigenvalue weighted by atomic mass is 16.5. The fourth-order valence-corrected chi connectivity index (χ4v) is 1.97. The molecule has 16 heavy (non-hydrogen) atoms. The highest BCUT2D eigenvalue weighted by Crippen LogP contribution is 2.30. The Bertz CT molecular complexity index is 331. The van der Waals surface area contributed by atoms with Crippen molar-refractivity contribution in [3.8, 4) is 5.75 Å². The number of aliphatic hydroxyl groups excluding tert-OH is 1. The maximum Gasteiger partial charge on any atom is 0.125 e. The average Bonchev–Trinajstić information content (AvgIpc) is 2.26. The van der Waals surface area contributed by atoms with Crippen LogP contribution < -0.4 is 4.74 Å². The van der Waals surface area contributed by atoms with Crippen molar-refractivity contribution in [2.24, 2.45) is 5.92 Å². The molecular formula is C14H20O2. The van der Waals surface area contributed by atoms with Crippen LogP contribution in [0.25, 0.3) is 0 Å². The van der Waals surface area contributed by atoms with Gasteiger partial charge in [-0.25, -0.2) is 0 Å². The number of rotatable bonds is 5. The summed E-state index contributed by atoms with van der Waals surface area (Å²) in [5, 5.41) is 9.87. The average molecular weight is 220 g/mol. The molecule has 2 heteroatoms. The lowest BCUT2D eigenvalue weighted by Crippen LogP contribution is -2.19. The number of ether oxygens (including phenoxy) is 1. The maximum absolute atomic E-state index is 9.87. The topological polar surface area (TPSA) is 29.5 Å². The van der Waals surface area contributed by atoms with Crippen LogP contribution in [0.15, 0.2) is 24.3 Å². The van der Waals surface area contributed by atoms with E-state index in [1.165, 1.54) is 19.3 Å². The normalized spacial score (nSPS) is 17.9. The maximum atomic E-state index is 9.87. The third-order valence-electron chi connectivity index (χ3n) is 3.36. The van der Waals surface area contributed by atoms with E-state index in [9.17, 15) is 5.11 Å². The summed E-state index contributed by atoms with van der Waals surface area (Å²) in [4.78, 5) is 0. The molecule has 0 unspecified atom stereocenters. The van der Waals surface area contributed by atoms with Crippen molar-refractivity contribution in [2.75, 3.05) is 6.61 Å². The van der Waals surface area contributed by atoms with E-state index in [-0.39, 0.29) is 0 Å². The number of para-hydroxylation sites is 1. The molecule has 0 amide bonds. The van der Waals surface area contributed by atoms with Crippen molar-refractivity contribution in [3.05, 3.63) is 29.8 Å². The lowest BCUT2D eigenvalue weighted by Gasteiger charge is -2.26. The Morgan fingerprint density at radius 1 is 1.38 bits per heavy atom. The standard InChI is InChI=1S/C14H20O2/c1-2-13(15)12-8-3-4-9-14(12)16-10-11-6-5-7-11/h3-4,8-9,11,13,15H,2,5-7,10H2,1H3/t13-/m0/s1. The molecule has 0 aromatic heterocycles. The largest absolute Gasteiger partial charge is 0.493 e. The first kappa shape index (κ1) is 11.5. The van der Waals surface area contributed by atoms with E-state index in [0.29, 0.717) is 0 Å². The summed E-state index contributed by atoms with van der Waals surface area (Å²) < 4.78 is 5.80. The lowest BCUT2D eigenvalue weighted by molar-refractivity contribution is 0.153. The van der Waals surface area contributed by atoms with Gasteiger partial charge in [0.1, 0.15) is 5.75 Å². The Kier molecular flexibility index (Phi) is 3.83. The van der Waals surface area contributed by atoms with Gasteiger partial charge in [0.2, 0.25) is 0 Å². The molecule has 2 nitrogen and oxygen atoms in total. The van der Waals surface area contributed by atoms with E-state index in [4.69, 9.17) is 4.74 Å². The SMILES string of the molecule is CC[C@H](O)c1ccccc1OCC1CCC1. The third kappa shape index (κ3) is 2.56. The first-order valence-corrected chi connectivity index (χ1v) is 6.21. The molecule has 0 saturated heterocycles. The van der Waals surface area contributed by atoms with Crippen LogP contribution in [0.5, 0.6) is 5.75 Å². The second-order valence-electron chi connectivity index (χ2n) is 4.57. The third-order valence-corrected chi connectivity index (χ3v) is 3.36. The van der Waals surface area contributed by atoms with Gasteiger partial charge in [0.25, 0.3) is 0 Å². The summed E-state index contributed by atoms with van der Waals surface area (Å²) in [6.07, 6.45) is 4.24. The van der Waals surface area contributed by atoms with Crippen LogP contribution in [-0.4, -0.2) is 11.7 Å². The zero-order valence-electron chi connectivity index (χ0n) is 9.86. The lowest BCUT2D eigenvalue weighted by atomic mass is 9.86. The first-order valence-electron chi connectivity index (χ1n) is 6.21. The molecular weight excluding hydrogens is 200 g/mol. The predicted octanol–water partition coefficient (Wildman–Crippen LogP) is 3.31. The fourth-order valence-electron chi connectivity index (χ4n) is 1.97. The van der Waals surface area contributed by atoms with E-state index in [0.717, 1.165) is 30.3 Å². The summed E-state index contributed by atoms with van der Waals surface area (Å²) in [5.41, 5.74) is 0.921. The van der Waals surface area contributed by atoms with E-state index in [1.807, 2.05) is 31.2 Å². The van der Waals surface area contributed by atoms with Gasteiger partial charge in [0.05, 0.1) is 12.7 Å². The van der Waals surface area contributed by atoms with E-state index >= 15 is 0 Å². The van der Waals surface area contributed by atoms with Gasteiger partial charge < -0.3 is 9.84 Å². The molecule has 0 heterocycles. The van der Waals surface area contributed by atoms with Crippen LogP contribution in [-0.2, 0) is 0 Å². The minimum Gasteiger partial charge on any atom is -0.493 e. The fraction of sp³-hybridized carbons (Fsp3) is 0.571. The summed E-state index contributed by atoms with van der Waals surface area (Å²) in [6, 6.07) is 7.81. The minimum atomic E-state index is -0.405. The first-order chi connectivity index (χ1) is 7.81. The molecule has 0 aliphatic heterocycles. The summed E-state index contributed by atoms with van der Waals surface area (Å²) >= 11 is 0. The van der Waals surface area contributed by atoms with Crippen LogP contribution in [0.4, 0.5) is 0 Å². The number of aliphatic hydroxyl groups is 1. The van der Waals surface area contributed by atoms with Crippen LogP contribution in [0, 0.1) is 5.92 Å². The molecule has 1 atom stereocenters. The molecule has 1 aromatic carbocycles. The van der Waals surface area contributed by atoms with Crippen molar-refractivity contribution >= 4 is 0 Å². The molecule has 1 aromatic rings. The van der Waals surface area contributed by atoms with Crippen molar-refractivity contribution in [1.29, 1.82) is 0 Å². The van der Waals surface area contributed by atoms with E-state index in [2.05, 4.69) is 0 Å². The molecule has 0 radical (unpaired) electrons. The van der Waals surface area contributed by atoms with Gasteiger partial charge in [0.15, 0.2) is 0 Å². The van der Waals surface area contributed by atoms with Crippen molar-refractivity contribution in [1.82, 2.24) is 0 Å². The molecule has 0 spiro atoms. The van der Waals surface area contributed by atoms with Crippen molar-refractivity contribution in [3.63, 3.8) is 0 Å². The van der Waals surface area contributed by atoms with Crippen molar-refractivity contribution < 1.29 is 9.84 Å². The zero-order valence-corrected chi connectivity index (χ0v) is 9.86. The molecule has 1 N–H and O–H groups in total. The van der Waals surface area contributed by atoms with Gasteiger partial charge in [0, 0.05) is 5.56 Å². The highest BCUT2D eigenvalue weighted by Gasteiger charge is 2.19. The number of hydrogen-bond donors (Lipinski definition) is 1. The van der Waals surface area contributed by atoms with Crippen LogP contribution in [0.1, 0.15) is 44.3 Å². The number of benzene rings is 1. The quantitative estimate of drug-likeness (QED) is 0.825. The molecule has 2 rings (SSSR count). The van der Waals surface area contributed by atoms with Gasteiger partial charge in [-0.15, -0.1) is 0 Å². The molecule has 1 fully saturated rings. The van der Waals surface area contributed by atoms with Gasteiger partial charge >= 0.3 is 0 Å².